The first kappa shape index (κ1) is 15.8. The van der Waals surface area contributed by atoms with Gasteiger partial charge in [-0.05, 0) is 57.5 Å². The van der Waals surface area contributed by atoms with Crippen LogP contribution < -0.4 is 10.6 Å². The number of nitrogens with zero attached hydrogens (tertiary/aromatic N) is 1. The van der Waals surface area contributed by atoms with Crippen LogP contribution in [0.15, 0.2) is 0 Å². The Morgan fingerprint density at radius 3 is 2.75 bits per heavy atom. The van der Waals surface area contributed by atoms with E-state index in [1.165, 1.54) is 32.2 Å². The number of amides is 1. The van der Waals surface area contributed by atoms with Crippen LogP contribution in [0.3, 0.4) is 0 Å². The molecule has 2 saturated heterocycles. The summed E-state index contributed by atoms with van der Waals surface area (Å²) in [6.45, 7) is 8.21. The molecular weight excluding hydrogens is 250 g/mol. The summed E-state index contributed by atoms with van der Waals surface area (Å²) in [6, 6.07) is 1.04. The molecule has 2 unspecified atom stereocenters. The third-order valence-electron chi connectivity index (χ3n) is 4.93. The smallest absolute Gasteiger partial charge is 0.234 e. The van der Waals surface area contributed by atoms with E-state index in [2.05, 4.69) is 29.4 Å². The van der Waals surface area contributed by atoms with Crippen LogP contribution >= 0.6 is 0 Å². The normalized spacial score (nSPS) is 27.9. The third-order valence-corrected chi connectivity index (χ3v) is 4.93. The maximum Gasteiger partial charge on any atom is 0.234 e. The van der Waals surface area contributed by atoms with Crippen molar-refractivity contribution in [1.82, 2.24) is 15.5 Å². The molecule has 0 radical (unpaired) electrons. The Bertz CT molecular complexity index is 298. The van der Waals surface area contributed by atoms with Crippen molar-refractivity contribution in [3.05, 3.63) is 0 Å². The van der Waals surface area contributed by atoms with Gasteiger partial charge in [-0.25, -0.2) is 0 Å². The fourth-order valence-electron chi connectivity index (χ4n) is 3.65. The van der Waals surface area contributed by atoms with Crippen molar-refractivity contribution in [2.45, 2.75) is 64.5 Å². The molecule has 0 aliphatic carbocycles. The fourth-order valence-corrected chi connectivity index (χ4v) is 3.65. The largest absolute Gasteiger partial charge is 0.352 e. The maximum atomic E-state index is 12.1. The van der Waals surface area contributed by atoms with Crippen molar-refractivity contribution in [2.75, 3.05) is 26.2 Å². The second-order valence-electron chi connectivity index (χ2n) is 6.42. The van der Waals surface area contributed by atoms with Gasteiger partial charge in [0, 0.05) is 18.6 Å². The van der Waals surface area contributed by atoms with Crippen LogP contribution in [0.5, 0.6) is 0 Å². The van der Waals surface area contributed by atoms with Gasteiger partial charge in [0.1, 0.15) is 0 Å². The molecule has 0 spiro atoms. The molecule has 0 aromatic rings. The predicted octanol–water partition coefficient (Wildman–Crippen LogP) is 1.76. The molecule has 1 amide bonds. The summed E-state index contributed by atoms with van der Waals surface area (Å²) in [5.41, 5.74) is 0. The highest BCUT2D eigenvalue weighted by Gasteiger charge is 2.29. The molecule has 0 aromatic heterocycles. The van der Waals surface area contributed by atoms with E-state index in [1.807, 2.05) is 0 Å². The summed E-state index contributed by atoms with van der Waals surface area (Å²) in [5.74, 6) is 0.950. The lowest BCUT2D eigenvalue weighted by Crippen LogP contribution is -2.48. The summed E-state index contributed by atoms with van der Waals surface area (Å²) in [4.78, 5) is 14.5. The average molecular weight is 281 g/mol. The van der Waals surface area contributed by atoms with Crippen molar-refractivity contribution in [1.29, 1.82) is 0 Å². The lowest BCUT2D eigenvalue weighted by atomic mass is 9.90. The summed E-state index contributed by atoms with van der Waals surface area (Å²) in [7, 11) is 0. The van der Waals surface area contributed by atoms with Crippen molar-refractivity contribution < 1.29 is 4.79 Å². The Kier molecular flexibility index (Phi) is 6.30. The van der Waals surface area contributed by atoms with E-state index in [0.717, 1.165) is 31.8 Å². The highest BCUT2D eigenvalue weighted by Crippen LogP contribution is 2.24. The first-order valence-corrected chi connectivity index (χ1v) is 8.48. The zero-order valence-corrected chi connectivity index (χ0v) is 13.2. The van der Waals surface area contributed by atoms with Gasteiger partial charge in [-0.15, -0.1) is 0 Å². The Morgan fingerprint density at radius 2 is 2.10 bits per heavy atom. The van der Waals surface area contributed by atoms with E-state index in [4.69, 9.17) is 0 Å². The molecule has 0 saturated carbocycles. The van der Waals surface area contributed by atoms with E-state index in [0.29, 0.717) is 18.6 Å². The Labute approximate surface area is 123 Å². The van der Waals surface area contributed by atoms with Gasteiger partial charge in [-0.2, -0.15) is 0 Å². The van der Waals surface area contributed by atoms with Crippen molar-refractivity contribution >= 4 is 5.91 Å². The average Bonchev–Trinajstić information content (AvgIpc) is 2.99. The number of carbonyl (C=O) groups excluding carboxylic acids is 1. The van der Waals surface area contributed by atoms with Crippen molar-refractivity contribution in [2.24, 2.45) is 5.92 Å². The van der Waals surface area contributed by atoms with Crippen LogP contribution in [0, 0.1) is 5.92 Å². The summed E-state index contributed by atoms with van der Waals surface area (Å²) in [5, 5.41) is 6.78. The highest BCUT2D eigenvalue weighted by atomic mass is 16.2. The number of likely N-dealkylation sites (tertiary alicyclic amines) is 1. The van der Waals surface area contributed by atoms with Crippen molar-refractivity contribution in [3.8, 4) is 0 Å². The number of hydrogen-bond acceptors (Lipinski definition) is 3. The number of piperidine rings is 1. The molecule has 2 atom stereocenters. The molecule has 0 aromatic carbocycles. The zero-order chi connectivity index (χ0) is 14.4. The number of hydrogen-bond donors (Lipinski definition) is 2. The maximum absolute atomic E-state index is 12.1. The van der Waals surface area contributed by atoms with Crippen molar-refractivity contribution in [3.63, 3.8) is 0 Å². The van der Waals surface area contributed by atoms with Crippen LogP contribution in [-0.4, -0.2) is 49.1 Å². The zero-order valence-electron chi connectivity index (χ0n) is 13.2. The van der Waals surface area contributed by atoms with Crippen LogP contribution in [0.4, 0.5) is 0 Å². The molecule has 2 aliphatic heterocycles. The van der Waals surface area contributed by atoms with Gasteiger partial charge < -0.3 is 10.6 Å². The molecule has 0 bridgehead atoms. The molecule has 2 heterocycles. The SMILES string of the molecule is CCC(CC)NC(=O)CN1CCCC(C2CCCN2)C1. The molecule has 2 fully saturated rings. The number of nitrogens with one attached hydrogen (secondary N) is 2. The first-order chi connectivity index (χ1) is 9.72. The Hall–Kier alpha value is -0.610. The number of rotatable bonds is 6. The van der Waals surface area contributed by atoms with Crippen LogP contribution in [0.25, 0.3) is 0 Å². The monoisotopic (exact) mass is 281 g/mol. The van der Waals surface area contributed by atoms with Crippen LogP contribution in [0.2, 0.25) is 0 Å². The molecule has 2 rings (SSSR count). The fraction of sp³-hybridized carbons (Fsp3) is 0.938. The second kappa shape index (κ2) is 7.99. The minimum absolute atomic E-state index is 0.207. The minimum atomic E-state index is 0.207. The summed E-state index contributed by atoms with van der Waals surface area (Å²) < 4.78 is 0. The van der Waals surface area contributed by atoms with Gasteiger partial charge in [0.05, 0.1) is 6.54 Å². The van der Waals surface area contributed by atoms with Gasteiger partial charge in [0.25, 0.3) is 0 Å². The van der Waals surface area contributed by atoms with Gasteiger partial charge in [0.2, 0.25) is 5.91 Å². The number of carbonyl (C=O) groups is 1. The predicted molar refractivity (Wildman–Crippen MR) is 82.7 cm³/mol. The molecular formula is C16H31N3O. The lowest BCUT2D eigenvalue weighted by Gasteiger charge is -2.35. The van der Waals surface area contributed by atoms with Gasteiger partial charge in [-0.3, -0.25) is 9.69 Å². The Balaban J connectivity index is 1.75. The van der Waals surface area contributed by atoms with E-state index in [1.54, 1.807) is 0 Å². The Morgan fingerprint density at radius 1 is 1.30 bits per heavy atom. The first-order valence-electron chi connectivity index (χ1n) is 8.48. The lowest BCUT2D eigenvalue weighted by molar-refractivity contribution is -0.123. The van der Waals surface area contributed by atoms with Crippen LogP contribution in [0.1, 0.15) is 52.4 Å². The van der Waals surface area contributed by atoms with E-state index >= 15 is 0 Å². The molecule has 4 heteroatoms. The highest BCUT2D eigenvalue weighted by molar-refractivity contribution is 5.78. The molecule has 4 nitrogen and oxygen atoms in total. The molecule has 2 aliphatic rings. The van der Waals surface area contributed by atoms with Crippen LogP contribution in [-0.2, 0) is 4.79 Å². The van der Waals surface area contributed by atoms with Gasteiger partial charge in [-0.1, -0.05) is 13.8 Å². The van der Waals surface area contributed by atoms with E-state index in [-0.39, 0.29) is 5.91 Å². The van der Waals surface area contributed by atoms with E-state index < -0.39 is 0 Å². The third kappa shape index (κ3) is 4.45. The van der Waals surface area contributed by atoms with Gasteiger partial charge in [0.15, 0.2) is 0 Å². The molecule has 116 valence electrons. The minimum Gasteiger partial charge on any atom is -0.352 e. The van der Waals surface area contributed by atoms with Gasteiger partial charge >= 0.3 is 0 Å². The molecule has 20 heavy (non-hydrogen) atoms. The second-order valence-corrected chi connectivity index (χ2v) is 6.42. The quantitative estimate of drug-likeness (QED) is 0.780. The summed E-state index contributed by atoms with van der Waals surface area (Å²) >= 11 is 0. The standard InChI is InChI=1S/C16H31N3O/c1-3-14(4-2)18-16(20)12-19-10-6-7-13(11-19)15-8-5-9-17-15/h13-15,17H,3-12H2,1-2H3,(H,18,20). The topological polar surface area (TPSA) is 44.4 Å². The summed E-state index contributed by atoms with van der Waals surface area (Å²) in [6.07, 6.45) is 7.24. The molecule has 2 N–H and O–H groups in total. The van der Waals surface area contributed by atoms with E-state index in [9.17, 15) is 4.79 Å².